The van der Waals surface area contributed by atoms with E-state index >= 15 is 0 Å². The van der Waals surface area contributed by atoms with Crippen LogP contribution in [0, 0.1) is 0 Å². The average molecular weight is 326 g/mol. The van der Waals surface area contributed by atoms with Crippen molar-refractivity contribution in [2.24, 2.45) is 5.10 Å². The van der Waals surface area contributed by atoms with Crippen molar-refractivity contribution in [2.45, 2.75) is 26.1 Å². The number of amides is 1. The maximum Gasteiger partial charge on any atom is 0.273 e. The fourth-order valence-electron chi connectivity index (χ4n) is 2.16. The first-order valence-corrected chi connectivity index (χ1v) is 7.77. The highest BCUT2D eigenvalue weighted by Gasteiger charge is 2.18. The molecule has 24 heavy (non-hydrogen) atoms. The molecule has 1 N–H and O–H groups in total. The molecule has 0 aromatic heterocycles. The van der Waals surface area contributed by atoms with E-state index in [0.29, 0.717) is 0 Å². The number of nitrogens with zero attached hydrogens (tertiary/aromatic N) is 1. The highest BCUT2D eigenvalue weighted by molar-refractivity contribution is 5.85. The summed E-state index contributed by atoms with van der Waals surface area (Å²) in [5.74, 6) is 0.481. The van der Waals surface area contributed by atoms with Gasteiger partial charge in [0.05, 0.1) is 12.3 Å². The standard InChI is InChI=1S/C19H22N2O3/c1-14(2)24-17-11-9-15(10-12-17)13-20-21-19(22)18(23-3)16-7-5-4-6-8-16/h4-14,18H,1-3H3,(H,21,22). The Morgan fingerprint density at radius 3 is 2.33 bits per heavy atom. The van der Waals surface area contributed by atoms with Gasteiger partial charge in [0, 0.05) is 7.11 Å². The Balaban J connectivity index is 1.94. The van der Waals surface area contributed by atoms with Crippen LogP contribution in [0.25, 0.3) is 0 Å². The van der Waals surface area contributed by atoms with Crippen molar-refractivity contribution in [3.63, 3.8) is 0 Å². The van der Waals surface area contributed by atoms with Crippen LogP contribution in [0.4, 0.5) is 0 Å². The van der Waals surface area contributed by atoms with Crippen molar-refractivity contribution < 1.29 is 14.3 Å². The van der Waals surface area contributed by atoms with Crippen molar-refractivity contribution in [3.8, 4) is 5.75 Å². The third kappa shape index (κ3) is 5.21. The summed E-state index contributed by atoms with van der Waals surface area (Å²) in [6.45, 7) is 3.95. The largest absolute Gasteiger partial charge is 0.491 e. The van der Waals surface area contributed by atoms with Crippen LogP contribution in [-0.4, -0.2) is 25.3 Å². The molecule has 2 aromatic carbocycles. The first-order chi connectivity index (χ1) is 11.6. The quantitative estimate of drug-likeness (QED) is 0.627. The lowest BCUT2D eigenvalue weighted by Crippen LogP contribution is -2.26. The summed E-state index contributed by atoms with van der Waals surface area (Å²) in [5, 5.41) is 3.98. The van der Waals surface area contributed by atoms with Gasteiger partial charge < -0.3 is 9.47 Å². The molecule has 0 aliphatic carbocycles. The van der Waals surface area contributed by atoms with Gasteiger partial charge in [-0.2, -0.15) is 5.10 Å². The first kappa shape index (κ1) is 17.7. The van der Waals surface area contributed by atoms with Gasteiger partial charge in [-0.05, 0) is 49.2 Å². The number of nitrogens with one attached hydrogen (secondary N) is 1. The molecule has 0 aliphatic rings. The second-order valence-corrected chi connectivity index (χ2v) is 5.50. The minimum Gasteiger partial charge on any atom is -0.491 e. The number of hydrogen-bond donors (Lipinski definition) is 1. The number of benzene rings is 2. The predicted octanol–water partition coefficient (Wildman–Crippen LogP) is 3.31. The van der Waals surface area contributed by atoms with Gasteiger partial charge in [0.2, 0.25) is 0 Å². The Hall–Kier alpha value is -2.66. The second-order valence-electron chi connectivity index (χ2n) is 5.50. The molecule has 5 nitrogen and oxygen atoms in total. The molecule has 1 unspecified atom stereocenters. The van der Waals surface area contributed by atoms with Gasteiger partial charge in [-0.1, -0.05) is 30.3 Å². The lowest BCUT2D eigenvalue weighted by molar-refractivity contribution is -0.131. The number of hydrogen-bond acceptors (Lipinski definition) is 4. The second kappa shape index (κ2) is 8.84. The molecule has 0 bridgehead atoms. The van der Waals surface area contributed by atoms with Gasteiger partial charge in [0.15, 0.2) is 6.10 Å². The first-order valence-electron chi connectivity index (χ1n) is 7.77. The zero-order chi connectivity index (χ0) is 17.4. The van der Waals surface area contributed by atoms with Crippen molar-refractivity contribution >= 4 is 12.1 Å². The Labute approximate surface area is 142 Å². The molecule has 0 saturated carbocycles. The Bertz CT molecular complexity index is 667. The van der Waals surface area contributed by atoms with E-state index in [9.17, 15) is 4.79 Å². The summed E-state index contributed by atoms with van der Waals surface area (Å²) in [6, 6.07) is 16.8. The number of hydrazone groups is 1. The minimum absolute atomic E-state index is 0.132. The molecule has 0 radical (unpaired) electrons. The monoisotopic (exact) mass is 326 g/mol. The van der Waals surface area contributed by atoms with Crippen LogP contribution in [0.3, 0.4) is 0 Å². The van der Waals surface area contributed by atoms with Crippen LogP contribution in [0.2, 0.25) is 0 Å². The summed E-state index contributed by atoms with van der Waals surface area (Å²) in [5.41, 5.74) is 4.14. The Kier molecular flexibility index (Phi) is 6.51. The summed E-state index contributed by atoms with van der Waals surface area (Å²) >= 11 is 0. The van der Waals surface area contributed by atoms with Gasteiger partial charge in [-0.25, -0.2) is 5.43 Å². The van der Waals surface area contributed by atoms with Crippen LogP contribution < -0.4 is 10.2 Å². The fraction of sp³-hybridized carbons (Fsp3) is 0.263. The topological polar surface area (TPSA) is 59.9 Å². The van der Waals surface area contributed by atoms with Crippen LogP contribution in [0.5, 0.6) is 5.75 Å². The molecule has 1 amide bonds. The van der Waals surface area contributed by atoms with Gasteiger partial charge in [0.25, 0.3) is 5.91 Å². The number of rotatable bonds is 7. The van der Waals surface area contributed by atoms with Gasteiger partial charge in [-0.15, -0.1) is 0 Å². The number of methoxy groups -OCH3 is 1. The van der Waals surface area contributed by atoms with E-state index in [1.807, 2.05) is 68.4 Å². The van der Waals surface area contributed by atoms with E-state index < -0.39 is 6.10 Å². The molecule has 5 heteroatoms. The zero-order valence-electron chi connectivity index (χ0n) is 14.1. The number of carbonyl (C=O) groups is 1. The van der Waals surface area contributed by atoms with Crippen LogP contribution >= 0.6 is 0 Å². The van der Waals surface area contributed by atoms with Crippen molar-refractivity contribution in [1.29, 1.82) is 0 Å². The molecule has 0 saturated heterocycles. The van der Waals surface area contributed by atoms with Gasteiger partial charge >= 0.3 is 0 Å². The molecule has 0 spiro atoms. The van der Waals surface area contributed by atoms with E-state index in [0.717, 1.165) is 16.9 Å². The molecule has 2 aromatic rings. The summed E-state index contributed by atoms with van der Waals surface area (Å²) in [4.78, 5) is 12.2. The zero-order valence-corrected chi connectivity index (χ0v) is 14.1. The van der Waals surface area contributed by atoms with Crippen molar-refractivity contribution in [2.75, 3.05) is 7.11 Å². The van der Waals surface area contributed by atoms with Crippen LogP contribution in [-0.2, 0) is 9.53 Å². The minimum atomic E-state index is -0.690. The predicted molar refractivity (Wildman–Crippen MR) is 94.1 cm³/mol. The molecule has 1 atom stereocenters. The SMILES string of the molecule is COC(C(=O)NN=Cc1ccc(OC(C)C)cc1)c1ccccc1. The third-order valence-electron chi connectivity index (χ3n) is 3.22. The van der Waals surface area contributed by atoms with E-state index in [1.54, 1.807) is 6.21 Å². The highest BCUT2D eigenvalue weighted by Crippen LogP contribution is 2.16. The molecular formula is C19H22N2O3. The molecule has 2 rings (SSSR count). The normalized spacial score (nSPS) is 12.3. The lowest BCUT2D eigenvalue weighted by atomic mass is 10.1. The summed E-state index contributed by atoms with van der Waals surface area (Å²) in [7, 11) is 1.49. The smallest absolute Gasteiger partial charge is 0.273 e. The van der Waals surface area contributed by atoms with Crippen molar-refractivity contribution in [3.05, 3.63) is 65.7 Å². The van der Waals surface area contributed by atoms with E-state index in [2.05, 4.69) is 10.5 Å². The van der Waals surface area contributed by atoms with E-state index in [-0.39, 0.29) is 12.0 Å². The molecule has 126 valence electrons. The Morgan fingerprint density at radius 1 is 1.08 bits per heavy atom. The highest BCUT2D eigenvalue weighted by atomic mass is 16.5. The summed E-state index contributed by atoms with van der Waals surface area (Å²) < 4.78 is 10.8. The van der Waals surface area contributed by atoms with Crippen LogP contribution in [0.1, 0.15) is 31.1 Å². The van der Waals surface area contributed by atoms with E-state index in [4.69, 9.17) is 9.47 Å². The molecule has 0 heterocycles. The average Bonchev–Trinajstić information content (AvgIpc) is 2.58. The number of ether oxygens (including phenoxy) is 2. The number of carbonyl (C=O) groups excluding carboxylic acids is 1. The summed E-state index contributed by atoms with van der Waals surface area (Å²) in [6.07, 6.45) is 1.02. The fourth-order valence-corrected chi connectivity index (χ4v) is 2.16. The van der Waals surface area contributed by atoms with Gasteiger partial charge in [0.1, 0.15) is 5.75 Å². The molecular weight excluding hydrogens is 304 g/mol. The molecule has 0 aliphatic heterocycles. The lowest BCUT2D eigenvalue weighted by Gasteiger charge is -2.13. The van der Waals surface area contributed by atoms with Crippen molar-refractivity contribution in [1.82, 2.24) is 5.43 Å². The van der Waals surface area contributed by atoms with Gasteiger partial charge in [-0.3, -0.25) is 4.79 Å². The van der Waals surface area contributed by atoms with E-state index in [1.165, 1.54) is 7.11 Å². The maximum atomic E-state index is 12.2. The van der Waals surface area contributed by atoms with Crippen LogP contribution in [0.15, 0.2) is 59.7 Å². The third-order valence-corrected chi connectivity index (χ3v) is 3.22. The Morgan fingerprint density at radius 2 is 1.75 bits per heavy atom. The molecule has 0 fully saturated rings. The maximum absolute atomic E-state index is 12.2.